The molecule has 0 heterocycles. The van der Waals surface area contributed by atoms with Crippen LogP contribution in [0, 0.1) is 0 Å². The molecule has 0 atom stereocenters. The molecule has 56 valence electrons. The molecule has 0 N–H and O–H groups in total. The van der Waals surface area contributed by atoms with Crippen LogP contribution >= 0.6 is 0 Å². The summed E-state index contributed by atoms with van der Waals surface area (Å²) in [6.45, 7) is 0. The van der Waals surface area contributed by atoms with Crippen molar-refractivity contribution in [2.75, 3.05) is 0 Å². The molecular formula is C2Li2O7Zr. The van der Waals surface area contributed by atoms with Crippen molar-refractivity contribution in [3.05, 3.63) is 0 Å². The third kappa shape index (κ3) is 5290. The minimum atomic E-state index is -2.33. The molecule has 0 aromatic heterocycles. The van der Waals surface area contributed by atoms with Crippen molar-refractivity contribution in [3.63, 3.8) is 0 Å². The normalized spacial score (nSPS) is 4.50. The standard InChI is InChI=1S/2CH2O3.2Li.O.Zr/c2*2-1(3)4;;;;/h2*(H2,2,3,4);;;;/q;;2*+1;;+2/p-4. The van der Waals surface area contributed by atoms with Crippen molar-refractivity contribution in [1.29, 1.82) is 0 Å². The first-order chi connectivity index (χ1) is 4.46. The average Bonchev–Trinajstić information content (AvgIpc) is 1.66. The molecule has 0 aliphatic rings. The van der Waals surface area contributed by atoms with E-state index in [1.807, 2.05) is 0 Å². The van der Waals surface area contributed by atoms with E-state index in [1.165, 1.54) is 0 Å². The van der Waals surface area contributed by atoms with Crippen molar-refractivity contribution < 1.29 is 95.3 Å². The van der Waals surface area contributed by atoms with Crippen LogP contribution in [0.2, 0.25) is 0 Å². The molecule has 12 heavy (non-hydrogen) atoms. The van der Waals surface area contributed by atoms with Crippen LogP contribution < -0.4 is 58.1 Å². The van der Waals surface area contributed by atoms with Crippen molar-refractivity contribution in [2.24, 2.45) is 0 Å². The maximum atomic E-state index is 8.34. The molecule has 0 fully saturated rings. The van der Waals surface area contributed by atoms with E-state index in [0.29, 0.717) is 24.7 Å². The van der Waals surface area contributed by atoms with Crippen molar-refractivity contribution >= 4 is 12.3 Å². The predicted molar refractivity (Wildman–Crippen MR) is 11.5 cm³/mol. The van der Waals surface area contributed by atoms with Gasteiger partial charge in [-0.2, -0.15) is 0 Å². The number of rotatable bonds is 0. The molecular weight excluding hydrogens is 241 g/mol. The second-order valence-electron chi connectivity index (χ2n) is 0.500. The SMILES string of the molecule is O=C([O-])[O-].O=C([O-])[O-].[Li+].[Li+].[O]=[Zr+2]. The third-order valence-corrected chi connectivity index (χ3v) is 0. The Kier molecular flexibility index (Phi) is 73.8. The number of carbonyl (C=O) groups is 2. The van der Waals surface area contributed by atoms with Gasteiger partial charge in [-0.1, -0.05) is 0 Å². The monoisotopic (exact) mass is 240 g/mol. The quantitative estimate of drug-likeness (QED) is 0.383. The van der Waals surface area contributed by atoms with Crippen LogP contribution in [0.4, 0.5) is 9.59 Å². The first-order valence-corrected chi connectivity index (χ1v) is 2.43. The van der Waals surface area contributed by atoms with Crippen molar-refractivity contribution in [2.45, 2.75) is 0 Å². The Morgan fingerprint density at radius 1 is 0.750 bits per heavy atom. The first-order valence-electron chi connectivity index (χ1n) is 1.43. The van der Waals surface area contributed by atoms with Crippen molar-refractivity contribution in [3.8, 4) is 0 Å². The van der Waals surface area contributed by atoms with Gasteiger partial charge in [0.15, 0.2) is 0 Å². The van der Waals surface area contributed by atoms with Crippen LogP contribution in [-0.2, 0) is 27.5 Å². The summed E-state index contributed by atoms with van der Waals surface area (Å²) in [5.41, 5.74) is 0. The van der Waals surface area contributed by atoms with Gasteiger partial charge >= 0.3 is 65.3 Å². The Bertz CT molecular complexity index is 87.6. The third-order valence-electron chi connectivity index (χ3n) is 0. The second-order valence-corrected chi connectivity index (χ2v) is 0.500. The van der Waals surface area contributed by atoms with Gasteiger partial charge in [0.05, 0.1) is 0 Å². The fourth-order valence-electron chi connectivity index (χ4n) is 0. The second kappa shape index (κ2) is 30.1. The minimum absolute atomic E-state index is 0. The Balaban J connectivity index is -0.0000000198. The van der Waals surface area contributed by atoms with Gasteiger partial charge in [-0.3, -0.25) is 0 Å². The fourth-order valence-corrected chi connectivity index (χ4v) is 0. The number of hydrogen-bond donors (Lipinski definition) is 0. The Morgan fingerprint density at radius 2 is 0.750 bits per heavy atom. The van der Waals surface area contributed by atoms with Gasteiger partial charge in [-0.15, -0.1) is 0 Å². The zero-order valence-electron chi connectivity index (χ0n) is 6.36. The molecule has 0 unspecified atom stereocenters. The number of carbonyl (C=O) groups excluding carboxylic acids is 2. The van der Waals surface area contributed by atoms with E-state index in [2.05, 4.69) is 0 Å². The van der Waals surface area contributed by atoms with Crippen LogP contribution in [0.5, 0.6) is 0 Å². The summed E-state index contributed by atoms with van der Waals surface area (Å²) in [6.07, 6.45) is -4.67. The van der Waals surface area contributed by atoms with Crippen molar-refractivity contribution in [1.82, 2.24) is 0 Å². The molecule has 10 heteroatoms. The maximum absolute atomic E-state index is 8.34. The molecule has 0 aliphatic carbocycles. The van der Waals surface area contributed by atoms with E-state index in [9.17, 15) is 0 Å². The van der Waals surface area contributed by atoms with Crippen LogP contribution in [0.15, 0.2) is 0 Å². The van der Waals surface area contributed by atoms with Crippen LogP contribution in [0.25, 0.3) is 0 Å². The zero-order chi connectivity index (χ0) is 9.15. The summed E-state index contributed by atoms with van der Waals surface area (Å²) in [5, 5.41) is 33.3. The van der Waals surface area contributed by atoms with Gasteiger partial charge in [0.2, 0.25) is 0 Å². The number of carboxylic acid groups (broad SMARTS) is 4. The molecule has 0 aliphatic heterocycles. The molecule has 7 nitrogen and oxygen atoms in total. The zero-order valence-corrected chi connectivity index (χ0v) is 8.82. The van der Waals surface area contributed by atoms with Crippen LogP contribution in [-0.4, -0.2) is 12.3 Å². The van der Waals surface area contributed by atoms with E-state index in [1.54, 1.807) is 0 Å². The first kappa shape index (κ1) is 29.4. The van der Waals surface area contributed by atoms with Gasteiger partial charge in [-0.05, 0) is 12.3 Å². The molecule has 0 bridgehead atoms. The molecule has 0 aromatic carbocycles. The van der Waals surface area contributed by atoms with E-state index in [4.69, 9.17) is 32.8 Å². The molecule has 0 saturated carbocycles. The van der Waals surface area contributed by atoms with E-state index < -0.39 is 12.3 Å². The van der Waals surface area contributed by atoms with Gasteiger partial charge in [0, 0.05) is 0 Å². The Morgan fingerprint density at radius 3 is 0.750 bits per heavy atom. The van der Waals surface area contributed by atoms with Gasteiger partial charge < -0.3 is 30.0 Å². The van der Waals surface area contributed by atoms with Crippen LogP contribution in [0.1, 0.15) is 0 Å². The molecule has 0 spiro atoms. The van der Waals surface area contributed by atoms with E-state index in [-0.39, 0.29) is 37.7 Å². The van der Waals surface area contributed by atoms with E-state index >= 15 is 0 Å². The van der Waals surface area contributed by atoms with Gasteiger partial charge in [0.1, 0.15) is 0 Å². The molecule has 0 radical (unpaired) electrons. The predicted octanol–water partition coefficient (Wildman–Crippen LogP) is -11.0. The topological polar surface area (TPSA) is 143 Å². The summed E-state index contributed by atoms with van der Waals surface area (Å²) >= 11 is 0.300. The summed E-state index contributed by atoms with van der Waals surface area (Å²) in [7, 11) is 0. The van der Waals surface area contributed by atoms with Gasteiger partial charge in [-0.25, -0.2) is 0 Å². The van der Waals surface area contributed by atoms with E-state index in [0.717, 1.165) is 0 Å². The Hall–Kier alpha value is 0.418. The Labute approximate surface area is 107 Å². The molecule has 0 aromatic rings. The number of hydrogen-bond acceptors (Lipinski definition) is 7. The summed E-state index contributed by atoms with van der Waals surface area (Å²) in [5.74, 6) is 0. The van der Waals surface area contributed by atoms with Crippen LogP contribution in [0.3, 0.4) is 0 Å². The fraction of sp³-hybridized carbons (Fsp3) is 0. The summed E-state index contributed by atoms with van der Waals surface area (Å²) in [6, 6.07) is 0. The molecule has 0 rings (SSSR count). The van der Waals surface area contributed by atoms with Gasteiger partial charge in [0.25, 0.3) is 0 Å². The molecule has 0 saturated heterocycles. The summed E-state index contributed by atoms with van der Waals surface area (Å²) in [4.78, 5) is 16.7. The average molecular weight is 241 g/mol. The molecule has 0 amide bonds. The summed E-state index contributed by atoms with van der Waals surface area (Å²) < 4.78 is 8.34.